The molecule has 0 saturated heterocycles. The second kappa shape index (κ2) is 3.66. The van der Waals surface area contributed by atoms with E-state index < -0.39 is 0 Å². The first kappa shape index (κ1) is 9.00. The van der Waals surface area contributed by atoms with E-state index in [1.807, 2.05) is 18.2 Å². The lowest BCUT2D eigenvalue weighted by molar-refractivity contribution is 0.300. The molecule has 1 heterocycles. The van der Waals surface area contributed by atoms with Crippen LogP contribution >= 0.6 is 22.9 Å². The molecule has 3 heteroatoms. The van der Waals surface area contributed by atoms with Crippen molar-refractivity contribution in [2.45, 2.75) is 6.42 Å². The van der Waals surface area contributed by atoms with E-state index in [0.717, 1.165) is 16.8 Å². The zero-order chi connectivity index (χ0) is 9.26. The Balaban J connectivity index is 2.55. The summed E-state index contributed by atoms with van der Waals surface area (Å²) in [6, 6.07) is 7.94. The van der Waals surface area contributed by atoms with Crippen LogP contribution in [-0.4, -0.2) is 11.7 Å². The molecule has 0 aliphatic carbocycles. The van der Waals surface area contributed by atoms with Crippen LogP contribution in [-0.2, 0) is 6.42 Å². The van der Waals surface area contributed by atoms with Crippen LogP contribution < -0.4 is 0 Å². The molecule has 0 spiro atoms. The van der Waals surface area contributed by atoms with Gasteiger partial charge < -0.3 is 5.11 Å². The summed E-state index contributed by atoms with van der Waals surface area (Å²) in [4.78, 5) is 1.19. The van der Waals surface area contributed by atoms with Gasteiger partial charge in [-0.25, -0.2) is 0 Å². The van der Waals surface area contributed by atoms with E-state index in [0.29, 0.717) is 0 Å². The van der Waals surface area contributed by atoms with Gasteiger partial charge in [0.25, 0.3) is 0 Å². The highest BCUT2D eigenvalue weighted by Gasteiger charge is 2.03. The molecule has 0 fully saturated rings. The molecule has 2 rings (SSSR count). The van der Waals surface area contributed by atoms with Crippen molar-refractivity contribution in [1.29, 1.82) is 0 Å². The predicted molar refractivity (Wildman–Crippen MR) is 57.6 cm³/mol. The van der Waals surface area contributed by atoms with Gasteiger partial charge in [-0.05, 0) is 18.2 Å². The SMILES string of the molecule is OCCc1cc2c(Cl)cccc2s1. The third-order valence-corrected chi connectivity index (χ3v) is 3.41. The fourth-order valence-corrected chi connectivity index (χ4v) is 2.67. The molecule has 1 aromatic carbocycles. The van der Waals surface area contributed by atoms with Crippen molar-refractivity contribution in [1.82, 2.24) is 0 Å². The number of halogens is 1. The van der Waals surface area contributed by atoms with E-state index >= 15 is 0 Å². The number of thiophene rings is 1. The maximum Gasteiger partial charge on any atom is 0.0492 e. The molecule has 68 valence electrons. The first-order valence-electron chi connectivity index (χ1n) is 4.09. The fraction of sp³-hybridized carbons (Fsp3) is 0.200. The third-order valence-electron chi connectivity index (χ3n) is 1.92. The van der Waals surface area contributed by atoms with Crippen LogP contribution in [0, 0.1) is 0 Å². The Labute approximate surface area is 85.6 Å². The quantitative estimate of drug-likeness (QED) is 0.811. The normalized spacial score (nSPS) is 10.9. The van der Waals surface area contributed by atoms with Crippen LogP contribution in [0.3, 0.4) is 0 Å². The highest BCUT2D eigenvalue weighted by atomic mass is 35.5. The highest BCUT2D eigenvalue weighted by Crippen LogP contribution is 2.30. The Morgan fingerprint density at radius 2 is 2.23 bits per heavy atom. The summed E-state index contributed by atoms with van der Waals surface area (Å²) >= 11 is 7.71. The smallest absolute Gasteiger partial charge is 0.0492 e. The highest BCUT2D eigenvalue weighted by molar-refractivity contribution is 7.19. The number of hydrogen-bond donors (Lipinski definition) is 1. The summed E-state index contributed by atoms with van der Waals surface area (Å²) in [6.45, 7) is 0.199. The summed E-state index contributed by atoms with van der Waals surface area (Å²) in [6.07, 6.45) is 0.718. The van der Waals surface area contributed by atoms with Crippen LogP contribution in [0.4, 0.5) is 0 Å². The van der Waals surface area contributed by atoms with Crippen LogP contribution in [0.5, 0.6) is 0 Å². The van der Waals surface area contributed by atoms with Crippen molar-refractivity contribution in [2.24, 2.45) is 0 Å². The standard InChI is InChI=1S/C10H9ClOS/c11-9-2-1-3-10-8(9)6-7(13-10)4-5-12/h1-3,6,12H,4-5H2. The van der Waals surface area contributed by atoms with Gasteiger partial charge in [-0.1, -0.05) is 17.7 Å². The Morgan fingerprint density at radius 1 is 1.38 bits per heavy atom. The molecule has 0 atom stereocenters. The molecule has 0 radical (unpaired) electrons. The van der Waals surface area contributed by atoms with Gasteiger partial charge in [0.1, 0.15) is 0 Å². The Kier molecular flexibility index (Phi) is 2.54. The van der Waals surface area contributed by atoms with E-state index in [1.165, 1.54) is 9.58 Å². The van der Waals surface area contributed by atoms with Gasteiger partial charge in [0.2, 0.25) is 0 Å². The molecule has 0 aliphatic rings. The monoisotopic (exact) mass is 212 g/mol. The van der Waals surface area contributed by atoms with E-state index in [-0.39, 0.29) is 6.61 Å². The van der Waals surface area contributed by atoms with Gasteiger partial charge in [0.15, 0.2) is 0 Å². The number of fused-ring (bicyclic) bond motifs is 1. The van der Waals surface area contributed by atoms with Gasteiger partial charge in [0, 0.05) is 33.0 Å². The summed E-state index contributed by atoms with van der Waals surface area (Å²) in [5, 5.41) is 10.7. The Bertz CT molecular complexity index is 422. The lowest BCUT2D eigenvalue weighted by atomic mass is 10.2. The van der Waals surface area contributed by atoms with Gasteiger partial charge in [0.05, 0.1) is 0 Å². The number of aliphatic hydroxyl groups is 1. The van der Waals surface area contributed by atoms with E-state index in [1.54, 1.807) is 11.3 Å². The topological polar surface area (TPSA) is 20.2 Å². The molecule has 2 aromatic rings. The van der Waals surface area contributed by atoms with Crippen molar-refractivity contribution in [2.75, 3.05) is 6.61 Å². The van der Waals surface area contributed by atoms with E-state index in [4.69, 9.17) is 16.7 Å². The van der Waals surface area contributed by atoms with E-state index in [9.17, 15) is 0 Å². The molecular weight excluding hydrogens is 204 g/mol. The van der Waals surface area contributed by atoms with Crippen molar-refractivity contribution in [3.63, 3.8) is 0 Å². The lowest BCUT2D eigenvalue weighted by Gasteiger charge is -1.89. The van der Waals surface area contributed by atoms with Gasteiger partial charge in [-0.3, -0.25) is 0 Å². The minimum absolute atomic E-state index is 0.199. The van der Waals surface area contributed by atoms with Gasteiger partial charge in [-0.2, -0.15) is 0 Å². The molecule has 0 saturated carbocycles. The minimum atomic E-state index is 0.199. The number of rotatable bonds is 2. The first-order chi connectivity index (χ1) is 6.31. The predicted octanol–water partition coefficient (Wildman–Crippen LogP) is 3.09. The summed E-state index contributed by atoms with van der Waals surface area (Å²) < 4.78 is 1.19. The molecule has 1 aromatic heterocycles. The second-order valence-electron chi connectivity index (χ2n) is 2.84. The maximum atomic E-state index is 8.79. The Hall–Kier alpha value is -0.570. The molecule has 13 heavy (non-hydrogen) atoms. The van der Waals surface area contributed by atoms with Crippen molar-refractivity contribution < 1.29 is 5.11 Å². The summed E-state index contributed by atoms with van der Waals surface area (Å²) in [5.41, 5.74) is 0. The van der Waals surface area contributed by atoms with Crippen LogP contribution in [0.2, 0.25) is 5.02 Å². The largest absolute Gasteiger partial charge is 0.396 e. The van der Waals surface area contributed by atoms with Crippen molar-refractivity contribution in [3.8, 4) is 0 Å². The van der Waals surface area contributed by atoms with Crippen molar-refractivity contribution >= 4 is 33.0 Å². The Morgan fingerprint density at radius 3 is 2.92 bits per heavy atom. The first-order valence-corrected chi connectivity index (χ1v) is 5.28. The molecule has 0 amide bonds. The van der Waals surface area contributed by atoms with Crippen molar-refractivity contribution in [3.05, 3.63) is 34.2 Å². The number of aliphatic hydroxyl groups excluding tert-OH is 1. The molecule has 1 N–H and O–H groups in total. The molecular formula is C10H9ClOS. The molecule has 0 bridgehead atoms. The minimum Gasteiger partial charge on any atom is -0.396 e. The molecule has 0 unspecified atom stereocenters. The lowest BCUT2D eigenvalue weighted by Crippen LogP contribution is -1.84. The summed E-state index contributed by atoms with van der Waals surface area (Å²) in [7, 11) is 0. The fourth-order valence-electron chi connectivity index (χ4n) is 1.31. The maximum absolute atomic E-state index is 8.79. The number of benzene rings is 1. The van der Waals surface area contributed by atoms with Crippen LogP contribution in [0.1, 0.15) is 4.88 Å². The molecule has 0 aliphatic heterocycles. The zero-order valence-electron chi connectivity index (χ0n) is 6.96. The average molecular weight is 213 g/mol. The molecule has 1 nitrogen and oxygen atoms in total. The van der Waals surface area contributed by atoms with Gasteiger partial charge >= 0.3 is 0 Å². The zero-order valence-corrected chi connectivity index (χ0v) is 8.53. The number of hydrogen-bond acceptors (Lipinski definition) is 2. The third kappa shape index (κ3) is 1.70. The average Bonchev–Trinajstić information content (AvgIpc) is 2.49. The summed E-state index contributed by atoms with van der Waals surface area (Å²) in [5.74, 6) is 0. The second-order valence-corrected chi connectivity index (χ2v) is 4.41. The van der Waals surface area contributed by atoms with Crippen LogP contribution in [0.25, 0.3) is 10.1 Å². The van der Waals surface area contributed by atoms with E-state index in [2.05, 4.69) is 6.07 Å². The van der Waals surface area contributed by atoms with Crippen LogP contribution in [0.15, 0.2) is 24.3 Å². The van der Waals surface area contributed by atoms with Gasteiger partial charge in [-0.15, -0.1) is 11.3 Å².